The third-order valence-electron chi connectivity index (χ3n) is 4.18. The molecule has 1 atom stereocenters. The van der Waals surface area contributed by atoms with E-state index in [1.165, 1.54) is 5.75 Å². The molecule has 2 rings (SSSR count). The van der Waals surface area contributed by atoms with Crippen molar-refractivity contribution in [2.24, 2.45) is 5.41 Å². The molecular formula is C14H23NO3S2. The fourth-order valence-electron chi connectivity index (χ4n) is 2.95. The van der Waals surface area contributed by atoms with E-state index < -0.39 is 11.4 Å². The number of aliphatic carboxylic acids is 1. The van der Waals surface area contributed by atoms with Crippen LogP contribution < -0.4 is 5.32 Å². The van der Waals surface area contributed by atoms with E-state index >= 15 is 0 Å². The number of hydrogen-bond donors (Lipinski definition) is 2. The lowest BCUT2D eigenvalue weighted by molar-refractivity contribution is -0.154. The number of carboxylic acid groups (broad SMARTS) is 1. The van der Waals surface area contributed by atoms with E-state index in [9.17, 15) is 14.7 Å². The zero-order chi connectivity index (χ0) is 14.4. The molecular weight excluding hydrogens is 294 g/mol. The molecule has 20 heavy (non-hydrogen) atoms. The molecule has 4 nitrogen and oxygen atoms in total. The Hall–Kier alpha value is -0.360. The number of hydrogen-bond acceptors (Lipinski definition) is 4. The van der Waals surface area contributed by atoms with E-state index in [-0.39, 0.29) is 12.3 Å². The largest absolute Gasteiger partial charge is 0.481 e. The maximum Gasteiger partial charge on any atom is 0.310 e. The van der Waals surface area contributed by atoms with E-state index in [1.807, 2.05) is 23.5 Å². The van der Waals surface area contributed by atoms with Gasteiger partial charge in [-0.3, -0.25) is 9.59 Å². The highest BCUT2D eigenvalue weighted by Gasteiger charge is 2.41. The van der Waals surface area contributed by atoms with Gasteiger partial charge in [0.05, 0.1) is 5.41 Å². The Morgan fingerprint density at radius 1 is 1.20 bits per heavy atom. The number of carbonyl (C=O) groups excluding carboxylic acids is 1. The topological polar surface area (TPSA) is 66.4 Å². The first-order valence-electron chi connectivity index (χ1n) is 7.32. The van der Waals surface area contributed by atoms with Gasteiger partial charge in [0.25, 0.3) is 0 Å². The molecule has 114 valence electrons. The second-order valence-electron chi connectivity index (χ2n) is 5.69. The van der Waals surface area contributed by atoms with Gasteiger partial charge in [0.1, 0.15) is 0 Å². The van der Waals surface area contributed by atoms with Gasteiger partial charge in [-0.25, -0.2) is 0 Å². The Bertz CT molecular complexity index is 350. The lowest BCUT2D eigenvalue weighted by atomic mass is 9.71. The molecule has 1 heterocycles. The normalized spacial score (nSPS) is 25.9. The zero-order valence-electron chi connectivity index (χ0n) is 11.7. The lowest BCUT2D eigenvalue weighted by Gasteiger charge is -2.32. The van der Waals surface area contributed by atoms with Crippen LogP contribution in [0.25, 0.3) is 0 Å². The number of carboxylic acids is 1. The Morgan fingerprint density at radius 3 is 2.55 bits per heavy atom. The van der Waals surface area contributed by atoms with Crippen molar-refractivity contribution in [1.29, 1.82) is 0 Å². The molecule has 0 bridgehead atoms. The highest BCUT2D eigenvalue weighted by molar-refractivity contribution is 8.06. The van der Waals surface area contributed by atoms with E-state index in [4.69, 9.17) is 0 Å². The number of amides is 1. The molecule has 0 aromatic rings. The van der Waals surface area contributed by atoms with Crippen LogP contribution in [0.3, 0.4) is 0 Å². The van der Waals surface area contributed by atoms with Gasteiger partial charge in [0, 0.05) is 35.5 Å². The smallest absolute Gasteiger partial charge is 0.310 e. The Labute approximate surface area is 128 Å². The van der Waals surface area contributed by atoms with Gasteiger partial charge < -0.3 is 10.4 Å². The van der Waals surface area contributed by atoms with Gasteiger partial charge in [-0.1, -0.05) is 19.3 Å². The molecule has 2 N–H and O–H groups in total. The second-order valence-corrected chi connectivity index (χ2v) is 8.25. The fraction of sp³-hybridized carbons (Fsp3) is 0.857. The predicted molar refractivity (Wildman–Crippen MR) is 84.4 cm³/mol. The highest BCUT2D eigenvalue weighted by Crippen LogP contribution is 2.39. The van der Waals surface area contributed by atoms with Crippen LogP contribution >= 0.6 is 23.5 Å². The van der Waals surface area contributed by atoms with E-state index in [0.717, 1.165) is 30.8 Å². The summed E-state index contributed by atoms with van der Waals surface area (Å²) >= 11 is 3.83. The monoisotopic (exact) mass is 317 g/mol. The summed E-state index contributed by atoms with van der Waals surface area (Å²) in [4.78, 5) is 23.6. The average Bonchev–Trinajstić information content (AvgIpc) is 2.47. The molecule has 2 fully saturated rings. The Morgan fingerprint density at radius 2 is 1.95 bits per heavy atom. The summed E-state index contributed by atoms with van der Waals surface area (Å²) in [5, 5.41) is 12.9. The number of carbonyl (C=O) groups is 2. The molecule has 0 aromatic carbocycles. The number of rotatable bonds is 5. The van der Waals surface area contributed by atoms with E-state index in [0.29, 0.717) is 24.6 Å². The third-order valence-corrected chi connectivity index (χ3v) is 7.02. The van der Waals surface area contributed by atoms with Gasteiger partial charge in [0.2, 0.25) is 5.91 Å². The maximum absolute atomic E-state index is 12.1. The SMILES string of the molecule is O=C(CC1(C(=O)O)CCCCC1)NCC1CSCCS1. The molecule has 0 radical (unpaired) electrons. The summed E-state index contributed by atoms with van der Waals surface area (Å²) in [6, 6.07) is 0. The summed E-state index contributed by atoms with van der Waals surface area (Å²) in [7, 11) is 0. The standard InChI is InChI=1S/C14H23NO3S2/c16-12(15-9-11-10-19-6-7-20-11)8-14(13(17)18)4-2-1-3-5-14/h11H,1-10H2,(H,15,16)(H,17,18). The molecule has 1 saturated heterocycles. The van der Waals surface area contributed by atoms with Gasteiger partial charge in [-0.15, -0.1) is 0 Å². The van der Waals surface area contributed by atoms with Crippen LogP contribution in [0.4, 0.5) is 0 Å². The van der Waals surface area contributed by atoms with Gasteiger partial charge in [-0.05, 0) is 12.8 Å². The van der Waals surface area contributed by atoms with Crippen molar-refractivity contribution in [3.8, 4) is 0 Å². The third kappa shape index (κ3) is 4.32. The van der Waals surface area contributed by atoms with Crippen molar-refractivity contribution in [1.82, 2.24) is 5.32 Å². The van der Waals surface area contributed by atoms with Gasteiger partial charge in [-0.2, -0.15) is 23.5 Å². The fourth-order valence-corrected chi connectivity index (χ4v) is 5.56. The minimum absolute atomic E-state index is 0.0922. The highest BCUT2D eigenvalue weighted by atomic mass is 32.2. The Kier molecular flexibility index (Phi) is 6.08. The van der Waals surface area contributed by atoms with Crippen molar-refractivity contribution >= 4 is 35.4 Å². The number of thioether (sulfide) groups is 2. The van der Waals surface area contributed by atoms with Crippen LogP contribution in [-0.2, 0) is 9.59 Å². The first kappa shape index (κ1) is 16.0. The average molecular weight is 317 g/mol. The summed E-state index contributed by atoms with van der Waals surface area (Å²) in [5.41, 5.74) is -0.809. The summed E-state index contributed by atoms with van der Waals surface area (Å²) in [6.45, 7) is 0.673. The Balaban J connectivity index is 1.80. The minimum Gasteiger partial charge on any atom is -0.481 e. The molecule has 2 aliphatic rings. The molecule has 1 saturated carbocycles. The molecule has 1 aliphatic carbocycles. The molecule has 6 heteroatoms. The first-order valence-corrected chi connectivity index (χ1v) is 9.52. The quantitative estimate of drug-likeness (QED) is 0.815. The molecule has 1 unspecified atom stereocenters. The van der Waals surface area contributed by atoms with Crippen molar-refractivity contribution in [3.63, 3.8) is 0 Å². The van der Waals surface area contributed by atoms with Crippen LogP contribution in [0.2, 0.25) is 0 Å². The first-order chi connectivity index (χ1) is 9.62. The zero-order valence-corrected chi connectivity index (χ0v) is 13.4. The maximum atomic E-state index is 12.1. The van der Waals surface area contributed by atoms with E-state index in [1.54, 1.807) is 0 Å². The van der Waals surface area contributed by atoms with Crippen LogP contribution in [0.1, 0.15) is 38.5 Å². The summed E-state index contributed by atoms with van der Waals surface area (Å²) < 4.78 is 0. The minimum atomic E-state index is -0.809. The predicted octanol–water partition coefficient (Wildman–Crippen LogP) is 2.38. The molecule has 0 spiro atoms. The van der Waals surface area contributed by atoms with Crippen LogP contribution in [0, 0.1) is 5.41 Å². The van der Waals surface area contributed by atoms with Crippen molar-refractivity contribution in [2.75, 3.05) is 23.8 Å². The lowest BCUT2D eigenvalue weighted by Crippen LogP contribution is -2.41. The van der Waals surface area contributed by atoms with Gasteiger partial charge >= 0.3 is 5.97 Å². The van der Waals surface area contributed by atoms with Crippen LogP contribution in [0.15, 0.2) is 0 Å². The van der Waals surface area contributed by atoms with Gasteiger partial charge in [0.15, 0.2) is 0 Å². The second kappa shape index (κ2) is 7.59. The summed E-state index contributed by atoms with van der Waals surface area (Å²) in [6.07, 6.45) is 4.37. The number of nitrogens with one attached hydrogen (secondary N) is 1. The van der Waals surface area contributed by atoms with E-state index in [2.05, 4.69) is 5.32 Å². The van der Waals surface area contributed by atoms with Crippen molar-refractivity contribution in [3.05, 3.63) is 0 Å². The summed E-state index contributed by atoms with van der Waals surface area (Å²) in [5.74, 6) is 2.52. The molecule has 0 aromatic heterocycles. The van der Waals surface area contributed by atoms with Crippen molar-refractivity contribution in [2.45, 2.75) is 43.8 Å². The van der Waals surface area contributed by atoms with Crippen LogP contribution in [-0.4, -0.2) is 46.0 Å². The molecule has 1 amide bonds. The molecule has 1 aliphatic heterocycles. The van der Waals surface area contributed by atoms with Crippen LogP contribution in [0.5, 0.6) is 0 Å². The van der Waals surface area contributed by atoms with Crippen molar-refractivity contribution < 1.29 is 14.7 Å².